The van der Waals surface area contributed by atoms with Gasteiger partial charge in [0.15, 0.2) is 11.5 Å². The molecule has 2 heterocycles. The zero-order valence-electron chi connectivity index (χ0n) is 13.4. The lowest BCUT2D eigenvalue weighted by Gasteiger charge is -2.45. The Kier molecular flexibility index (Phi) is 3.23. The zero-order chi connectivity index (χ0) is 16.1. The van der Waals surface area contributed by atoms with Gasteiger partial charge in [0.2, 0.25) is 0 Å². The van der Waals surface area contributed by atoms with Crippen LogP contribution in [0.2, 0.25) is 0 Å². The zero-order valence-corrected chi connectivity index (χ0v) is 13.4. The van der Waals surface area contributed by atoms with Gasteiger partial charge in [-0.15, -0.1) is 0 Å². The molecule has 0 saturated heterocycles. The third-order valence-electron chi connectivity index (χ3n) is 5.35. The van der Waals surface area contributed by atoms with E-state index in [1.54, 1.807) is 19.2 Å². The monoisotopic (exact) mass is 311 g/mol. The number of rotatable bonds is 1. The van der Waals surface area contributed by atoms with Crippen molar-refractivity contribution >= 4 is 0 Å². The lowest BCUT2D eigenvalue weighted by Crippen LogP contribution is -2.41. The molecule has 2 aromatic rings. The maximum atomic E-state index is 9.92. The maximum absolute atomic E-state index is 9.92. The molecule has 23 heavy (non-hydrogen) atoms. The summed E-state index contributed by atoms with van der Waals surface area (Å²) < 4.78 is 5.37. The van der Waals surface area contributed by atoms with E-state index >= 15 is 0 Å². The van der Waals surface area contributed by atoms with E-state index in [1.807, 2.05) is 6.07 Å². The van der Waals surface area contributed by atoms with Gasteiger partial charge in [-0.05, 0) is 66.3 Å². The molecule has 2 aromatic carbocycles. The number of ether oxygens (including phenoxy) is 1. The molecule has 2 unspecified atom stereocenters. The predicted molar refractivity (Wildman–Crippen MR) is 88.0 cm³/mol. The Labute approximate surface area is 135 Å². The summed E-state index contributed by atoms with van der Waals surface area (Å²) in [7, 11) is 1.69. The highest BCUT2D eigenvalue weighted by Gasteiger charge is 2.36. The topological polar surface area (TPSA) is 52.9 Å². The summed E-state index contributed by atoms with van der Waals surface area (Å²) in [5.74, 6) is 0.826. The van der Waals surface area contributed by atoms with Crippen LogP contribution in [0.5, 0.6) is 17.2 Å². The first-order valence-electron chi connectivity index (χ1n) is 8.06. The summed E-state index contributed by atoms with van der Waals surface area (Å²) in [6, 6.07) is 10.3. The molecule has 0 aliphatic carbocycles. The van der Waals surface area contributed by atoms with Crippen molar-refractivity contribution < 1.29 is 14.9 Å². The summed E-state index contributed by atoms with van der Waals surface area (Å²) in [5, 5.41) is 19.7. The van der Waals surface area contributed by atoms with Gasteiger partial charge < -0.3 is 14.9 Å². The van der Waals surface area contributed by atoms with Crippen molar-refractivity contribution in [1.29, 1.82) is 0 Å². The van der Waals surface area contributed by atoms with Crippen LogP contribution in [-0.4, -0.2) is 28.8 Å². The van der Waals surface area contributed by atoms with Crippen molar-refractivity contribution in [3.8, 4) is 17.2 Å². The van der Waals surface area contributed by atoms with Gasteiger partial charge >= 0.3 is 0 Å². The molecule has 0 bridgehead atoms. The molecule has 4 rings (SSSR count). The van der Waals surface area contributed by atoms with Crippen LogP contribution in [0.4, 0.5) is 0 Å². The number of hydrogen-bond donors (Lipinski definition) is 2. The lowest BCUT2D eigenvalue weighted by molar-refractivity contribution is 0.117. The molecular weight excluding hydrogens is 290 g/mol. The third kappa shape index (κ3) is 2.17. The van der Waals surface area contributed by atoms with E-state index in [1.165, 1.54) is 11.1 Å². The molecule has 120 valence electrons. The van der Waals surface area contributed by atoms with Gasteiger partial charge in [0.1, 0.15) is 5.75 Å². The number of aromatic hydroxyl groups is 2. The van der Waals surface area contributed by atoms with Crippen LogP contribution in [0, 0.1) is 0 Å². The fraction of sp³-hybridized carbons (Fsp3) is 0.368. The van der Waals surface area contributed by atoms with Crippen LogP contribution in [-0.2, 0) is 12.8 Å². The van der Waals surface area contributed by atoms with Crippen molar-refractivity contribution in [3.63, 3.8) is 0 Å². The van der Waals surface area contributed by atoms with Crippen LogP contribution >= 0.6 is 0 Å². The number of phenolic OH excluding ortho intramolecular Hbond substituents is 2. The van der Waals surface area contributed by atoms with E-state index in [4.69, 9.17) is 4.74 Å². The summed E-state index contributed by atoms with van der Waals surface area (Å²) in [6.07, 6.45) is 1.80. The minimum atomic E-state index is -0.0327. The average molecular weight is 311 g/mol. The van der Waals surface area contributed by atoms with E-state index in [9.17, 15) is 10.2 Å². The molecule has 0 radical (unpaired) electrons. The first-order chi connectivity index (χ1) is 11.1. The Morgan fingerprint density at radius 2 is 1.83 bits per heavy atom. The first-order valence-corrected chi connectivity index (χ1v) is 8.06. The number of fused-ring (bicyclic) bond motifs is 4. The maximum Gasteiger partial charge on any atom is 0.157 e. The highest BCUT2D eigenvalue weighted by molar-refractivity contribution is 5.50. The molecule has 2 aliphatic heterocycles. The molecule has 2 atom stereocenters. The number of hydrogen-bond acceptors (Lipinski definition) is 4. The number of benzene rings is 2. The van der Waals surface area contributed by atoms with Crippen LogP contribution in [0.25, 0.3) is 0 Å². The SMILES string of the molecule is COc1ccc2c(c1)CC1c3cc(O)c(O)cc3CCN1C2C. The van der Waals surface area contributed by atoms with Crippen LogP contribution in [0.3, 0.4) is 0 Å². The van der Waals surface area contributed by atoms with Crippen molar-refractivity contribution in [2.45, 2.75) is 31.8 Å². The summed E-state index contributed by atoms with van der Waals surface area (Å²) >= 11 is 0. The second kappa shape index (κ2) is 5.17. The fourth-order valence-electron chi connectivity index (χ4n) is 4.12. The van der Waals surface area contributed by atoms with Crippen LogP contribution in [0.1, 0.15) is 41.3 Å². The Morgan fingerprint density at radius 3 is 2.61 bits per heavy atom. The Hall–Kier alpha value is -2.20. The van der Waals surface area contributed by atoms with Crippen molar-refractivity contribution in [1.82, 2.24) is 4.90 Å². The highest BCUT2D eigenvalue weighted by atomic mass is 16.5. The smallest absolute Gasteiger partial charge is 0.157 e. The highest BCUT2D eigenvalue weighted by Crippen LogP contribution is 2.46. The molecule has 2 N–H and O–H groups in total. The van der Waals surface area contributed by atoms with E-state index < -0.39 is 0 Å². The fourth-order valence-corrected chi connectivity index (χ4v) is 4.12. The van der Waals surface area contributed by atoms with Crippen LogP contribution in [0.15, 0.2) is 30.3 Å². The summed E-state index contributed by atoms with van der Waals surface area (Å²) in [4.78, 5) is 2.49. The first kappa shape index (κ1) is 14.4. The van der Waals surface area contributed by atoms with E-state index in [2.05, 4.69) is 24.0 Å². The van der Waals surface area contributed by atoms with Gasteiger partial charge in [-0.2, -0.15) is 0 Å². The van der Waals surface area contributed by atoms with E-state index in [0.29, 0.717) is 6.04 Å². The number of phenols is 2. The van der Waals surface area contributed by atoms with E-state index in [-0.39, 0.29) is 17.5 Å². The Bertz CT molecular complexity index is 771. The van der Waals surface area contributed by atoms with Gasteiger partial charge in [-0.25, -0.2) is 0 Å². The summed E-state index contributed by atoms with van der Waals surface area (Å²) in [6.45, 7) is 3.21. The largest absolute Gasteiger partial charge is 0.504 e. The van der Waals surface area contributed by atoms with Crippen molar-refractivity contribution in [2.75, 3.05) is 13.7 Å². The lowest BCUT2D eigenvalue weighted by atomic mass is 9.81. The van der Waals surface area contributed by atoms with Crippen LogP contribution < -0.4 is 4.74 Å². The minimum Gasteiger partial charge on any atom is -0.504 e. The van der Waals surface area contributed by atoms with Crippen molar-refractivity contribution in [2.24, 2.45) is 0 Å². The predicted octanol–water partition coefficient (Wildman–Crippen LogP) is 3.32. The Balaban J connectivity index is 1.81. The standard InChI is InChI=1S/C19H21NO3/c1-11-15-4-3-14(23-2)7-13(15)8-17-16-10-19(22)18(21)9-12(16)5-6-20(11)17/h3-4,7,9-11,17,21-22H,5-6,8H2,1-2H3. The Morgan fingerprint density at radius 1 is 1.04 bits per heavy atom. The van der Waals surface area contributed by atoms with Gasteiger partial charge in [-0.3, -0.25) is 4.90 Å². The second-order valence-electron chi connectivity index (χ2n) is 6.49. The quantitative estimate of drug-likeness (QED) is 0.793. The molecule has 0 aromatic heterocycles. The van der Waals surface area contributed by atoms with Gasteiger partial charge in [0.25, 0.3) is 0 Å². The molecule has 0 spiro atoms. The third-order valence-corrected chi connectivity index (χ3v) is 5.35. The summed E-state index contributed by atoms with van der Waals surface area (Å²) in [5.41, 5.74) is 4.93. The molecule has 2 aliphatic rings. The van der Waals surface area contributed by atoms with Gasteiger partial charge in [0, 0.05) is 18.6 Å². The van der Waals surface area contributed by atoms with Gasteiger partial charge in [-0.1, -0.05) is 6.07 Å². The number of methoxy groups -OCH3 is 1. The van der Waals surface area contributed by atoms with E-state index in [0.717, 1.165) is 36.3 Å². The molecule has 0 amide bonds. The molecular formula is C19H21NO3. The van der Waals surface area contributed by atoms with Gasteiger partial charge in [0.05, 0.1) is 7.11 Å². The second-order valence-corrected chi connectivity index (χ2v) is 6.49. The molecule has 0 fully saturated rings. The molecule has 4 heteroatoms. The average Bonchev–Trinajstić information content (AvgIpc) is 2.56. The van der Waals surface area contributed by atoms with Crippen molar-refractivity contribution in [3.05, 3.63) is 52.6 Å². The number of nitrogens with zero attached hydrogens (tertiary/aromatic N) is 1. The molecule has 0 saturated carbocycles. The molecule has 4 nitrogen and oxygen atoms in total. The normalized spacial score (nSPS) is 22.9. The minimum absolute atomic E-state index is 0.0249.